The van der Waals surface area contributed by atoms with Gasteiger partial charge in [-0.25, -0.2) is 4.39 Å². The molecule has 5 heteroatoms. The summed E-state index contributed by atoms with van der Waals surface area (Å²) in [4.78, 5) is 11.8. The van der Waals surface area contributed by atoms with Crippen molar-refractivity contribution in [3.8, 4) is 0 Å². The number of halogens is 1. The van der Waals surface area contributed by atoms with Crippen molar-refractivity contribution in [3.05, 3.63) is 59.8 Å². The van der Waals surface area contributed by atoms with E-state index in [1.165, 1.54) is 24.5 Å². The van der Waals surface area contributed by atoms with Gasteiger partial charge in [0.05, 0.1) is 18.4 Å². The molecule has 0 aliphatic rings. The molecule has 0 bridgehead atoms. The van der Waals surface area contributed by atoms with Crippen LogP contribution in [0.15, 0.2) is 47.1 Å². The molecule has 18 heavy (non-hydrogen) atoms. The average Bonchev–Trinajstić information content (AvgIpc) is 2.90. The van der Waals surface area contributed by atoms with Crippen molar-refractivity contribution in [3.63, 3.8) is 0 Å². The van der Waals surface area contributed by atoms with Crippen LogP contribution in [0, 0.1) is 5.82 Å². The highest BCUT2D eigenvalue weighted by Gasteiger charge is 2.18. The first-order chi connectivity index (χ1) is 8.72. The molecule has 0 aliphatic carbocycles. The number of aliphatic hydroxyl groups excluding tert-OH is 1. The molecule has 1 aromatic heterocycles. The number of carbonyl (C=O) groups excluding carboxylic acids is 1. The molecule has 0 saturated heterocycles. The first kappa shape index (κ1) is 12.3. The molecule has 2 N–H and O–H groups in total. The summed E-state index contributed by atoms with van der Waals surface area (Å²) in [6.45, 7) is -0.326. The number of furan rings is 1. The molecule has 2 aromatic rings. The standard InChI is InChI=1S/C13H12FNO3/c14-10-5-2-1-4-9(10)13(17)15-11(8-16)12-6-3-7-18-12/h1-7,11,16H,8H2,(H,15,17). The quantitative estimate of drug-likeness (QED) is 0.869. The third kappa shape index (κ3) is 2.57. The van der Waals surface area contributed by atoms with Crippen molar-refractivity contribution in [1.82, 2.24) is 5.32 Å². The minimum absolute atomic E-state index is 0.0671. The number of amides is 1. The number of aliphatic hydroxyl groups is 1. The number of benzene rings is 1. The molecule has 0 radical (unpaired) electrons. The Bertz CT molecular complexity index is 525. The van der Waals surface area contributed by atoms with Gasteiger partial charge in [0.2, 0.25) is 0 Å². The van der Waals surface area contributed by atoms with Crippen LogP contribution in [0.2, 0.25) is 0 Å². The Morgan fingerprint density at radius 2 is 2.11 bits per heavy atom. The molecule has 0 aliphatic heterocycles. The van der Waals surface area contributed by atoms with Gasteiger partial charge in [0.25, 0.3) is 5.91 Å². The number of nitrogens with one attached hydrogen (secondary N) is 1. The minimum Gasteiger partial charge on any atom is -0.467 e. The predicted molar refractivity (Wildman–Crippen MR) is 62.4 cm³/mol. The Kier molecular flexibility index (Phi) is 3.74. The van der Waals surface area contributed by atoms with Gasteiger partial charge in [-0.1, -0.05) is 12.1 Å². The van der Waals surface area contributed by atoms with Gasteiger partial charge < -0.3 is 14.8 Å². The fourth-order valence-corrected chi connectivity index (χ4v) is 1.58. The first-order valence-electron chi connectivity index (χ1n) is 5.42. The average molecular weight is 249 g/mol. The topological polar surface area (TPSA) is 62.5 Å². The maximum atomic E-state index is 13.4. The summed E-state index contributed by atoms with van der Waals surface area (Å²) < 4.78 is 18.5. The second-order valence-electron chi connectivity index (χ2n) is 3.70. The number of rotatable bonds is 4. The third-order valence-electron chi connectivity index (χ3n) is 2.49. The van der Waals surface area contributed by atoms with Gasteiger partial charge >= 0.3 is 0 Å². The van der Waals surface area contributed by atoms with Crippen molar-refractivity contribution < 1.29 is 18.7 Å². The Morgan fingerprint density at radius 3 is 2.72 bits per heavy atom. The van der Waals surface area contributed by atoms with Crippen LogP contribution in [0.3, 0.4) is 0 Å². The Hall–Kier alpha value is -2.14. The van der Waals surface area contributed by atoms with Crippen LogP contribution in [-0.4, -0.2) is 17.6 Å². The molecule has 0 saturated carbocycles. The molecule has 1 atom stereocenters. The van der Waals surface area contributed by atoms with Gasteiger partial charge in [-0.2, -0.15) is 0 Å². The molecule has 94 valence electrons. The van der Waals surface area contributed by atoms with Crippen LogP contribution in [0.4, 0.5) is 4.39 Å². The highest BCUT2D eigenvalue weighted by Crippen LogP contribution is 2.14. The van der Waals surface area contributed by atoms with E-state index in [-0.39, 0.29) is 12.2 Å². The van der Waals surface area contributed by atoms with E-state index in [2.05, 4.69) is 5.32 Å². The summed E-state index contributed by atoms with van der Waals surface area (Å²) >= 11 is 0. The lowest BCUT2D eigenvalue weighted by atomic mass is 10.1. The maximum Gasteiger partial charge on any atom is 0.254 e. The van der Waals surface area contributed by atoms with E-state index in [1.54, 1.807) is 18.2 Å². The molecule has 0 spiro atoms. The molecule has 1 heterocycles. The van der Waals surface area contributed by atoms with Crippen LogP contribution in [0.25, 0.3) is 0 Å². The minimum atomic E-state index is -0.688. The van der Waals surface area contributed by atoms with Gasteiger partial charge in [0.15, 0.2) is 0 Å². The first-order valence-corrected chi connectivity index (χ1v) is 5.42. The van der Waals surface area contributed by atoms with Gasteiger partial charge in [-0.3, -0.25) is 4.79 Å². The highest BCUT2D eigenvalue weighted by molar-refractivity contribution is 5.94. The SMILES string of the molecule is O=C(NC(CO)c1ccco1)c1ccccc1F. The molecule has 0 fully saturated rings. The molecular weight excluding hydrogens is 237 g/mol. The molecule has 1 unspecified atom stereocenters. The van der Waals surface area contributed by atoms with E-state index >= 15 is 0 Å². The molecule has 1 amide bonds. The smallest absolute Gasteiger partial charge is 0.254 e. The van der Waals surface area contributed by atoms with Crippen molar-refractivity contribution in [1.29, 1.82) is 0 Å². The zero-order valence-electron chi connectivity index (χ0n) is 9.47. The van der Waals surface area contributed by atoms with Crippen molar-refractivity contribution >= 4 is 5.91 Å². The van der Waals surface area contributed by atoms with Crippen LogP contribution in [-0.2, 0) is 0 Å². The van der Waals surface area contributed by atoms with Crippen molar-refractivity contribution in [2.75, 3.05) is 6.61 Å². The van der Waals surface area contributed by atoms with Gasteiger partial charge in [-0.05, 0) is 24.3 Å². The van der Waals surface area contributed by atoms with E-state index < -0.39 is 17.8 Å². The maximum absolute atomic E-state index is 13.4. The zero-order chi connectivity index (χ0) is 13.0. The lowest BCUT2D eigenvalue weighted by molar-refractivity contribution is 0.0903. The van der Waals surface area contributed by atoms with E-state index in [9.17, 15) is 14.3 Å². The number of carbonyl (C=O) groups is 1. The van der Waals surface area contributed by atoms with E-state index in [0.29, 0.717) is 5.76 Å². The monoisotopic (exact) mass is 249 g/mol. The summed E-state index contributed by atoms with van der Waals surface area (Å²) in [5.74, 6) is -0.781. The number of hydrogen-bond donors (Lipinski definition) is 2. The van der Waals surface area contributed by atoms with Crippen molar-refractivity contribution in [2.24, 2.45) is 0 Å². The summed E-state index contributed by atoms with van der Waals surface area (Å²) in [6, 6.07) is 8.24. The van der Waals surface area contributed by atoms with Crippen LogP contribution < -0.4 is 5.32 Å². The summed E-state index contributed by atoms with van der Waals surface area (Å²) in [5.41, 5.74) is -0.0671. The molecule has 4 nitrogen and oxygen atoms in total. The lowest BCUT2D eigenvalue weighted by Gasteiger charge is -2.14. The Balaban J connectivity index is 2.14. The molecule has 1 aromatic carbocycles. The fraction of sp³-hybridized carbons (Fsp3) is 0.154. The van der Waals surface area contributed by atoms with Gasteiger partial charge in [-0.15, -0.1) is 0 Å². The third-order valence-corrected chi connectivity index (χ3v) is 2.49. The van der Waals surface area contributed by atoms with Crippen molar-refractivity contribution in [2.45, 2.75) is 6.04 Å². The second kappa shape index (κ2) is 5.46. The second-order valence-corrected chi connectivity index (χ2v) is 3.70. The van der Waals surface area contributed by atoms with E-state index in [4.69, 9.17) is 4.42 Å². The normalized spacial score (nSPS) is 12.1. The van der Waals surface area contributed by atoms with E-state index in [1.807, 2.05) is 0 Å². The highest BCUT2D eigenvalue weighted by atomic mass is 19.1. The largest absolute Gasteiger partial charge is 0.467 e. The summed E-state index contributed by atoms with van der Waals surface area (Å²) in [7, 11) is 0. The summed E-state index contributed by atoms with van der Waals surface area (Å²) in [6.07, 6.45) is 1.44. The molecular formula is C13H12FNO3. The Labute approximate surface area is 103 Å². The predicted octanol–water partition coefficient (Wildman–Crippen LogP) is 1.88. The number of hydrogen-bond acceptors (Lipinski definition) is 3. The van der Waals surface area contributed by atoms with Crippen LogP contribution >= 0.6 is 0 Å². The fourth-order valence-electron chi connectivity index (χ4n) is 1.58. The van der Waals surface area contributed by atoms with Crippen LogP contribution in [0.5, 0.6) is 0 Å². The molecule has 2 rings (SSSR count). The van der Waals surface area contributed by atoms with Gasteiger partial charge in [0, 0.05) is 0 Å². The van der Waals surface area contributed by atoms with Crippen LogP contribution in [0.1, 0.15) is 22.2 Å². The zero-order valence-corrected chi connectivity index (χ0v) is 9.47. The van der Waals surface area contributed by atoms with E-state index in [0.717, 1.165) is 0 Å². The Morgan fingerprint density at radius 1 is 1.33 bits per heavy atom. The summed E-state index contributed by atoms with van der Waals surface area (Å²) in [5, 5.41) is 11.7. The van der Waals surface area contributed by atoms with Gasteiger partial charge in [0.1, 0.15) is 17.6 Å². The lowest BCUT2D eigenvalue weighted by Crippen LogP contribution is -2.31.